The molecule has 2 unspecified atom stereocenters. The average molecular weight is 299 g/mol. The standard InChI is InChI=1S/C18H38N2O/c1-16(14-17(2)21)20-18(15-19)12-10-8-6-4-3-5-7-9-11-13-18/h16-17,20-21H,3-15,19H2,1-2H3. The zero-order valence-electron chi connectivity index (χ0n) is 14.4. The molecule has 0 aromatic carbocycles. The second-order valence-corrected chi connectivity index (χ2v) is 7.30. The smallest absolute Gasteiger partial charge is 0.0526 e. The van der Waals surface area contributed by atoms with Gasteiger partial charge in [-0.05, 0) is 33.1 Å². The van der Waals surface area contributed by atoms with Gasteiger partial charge < -0.3 is 16.2 Å². The van der Waals surface area contributed by atoms with E-state index >= 15 is 0 Å². The van der Waals surface area contributed by atoms with Crippen molar-refractivity contribution in [2.24, 2.45) is 5.73 Å². The number of rotatable bonds is 5. The summed E-state index contributed by atoms with van der Waals surface area (Å²) in [5.74, 6) is 0. The lowest BCUT2D eigenvalue weighted by Gasteiger charge is -2.37. The monoisotopic (exact) mass is 298 g/mol. The predicted molar refractivity (Wildman–Crippen MR) is 91.5 cm³/mol. The summed E-state index contributed by atoms with van der Waals surface area (Å²) in [4.78, 5) is 0. The first-order chi connectivity index (χ1) is 10.1. The van der Waals surface area contributed by atoms with E-state index in [1.54, 1.807) is 0 Å². The highest BCUT2D eigenvalue weighted by atomic mass is 16.3. The van der Waals surface area contributed by atoms with Gasteiger partial charge in [0.05, 0.1) is 6.10 Å². The molecule has 0 spiro atoms. The van der Waals surface area contributed by atoms with Crippen molar-refractivity contribution in [3.63, 3.8) is 0 Å². The van der Waals surface area contributed by atoms with Crippen LogP contribution in [0.3, 0.4) is 0 Å². The van der Waals surface area contributed by atoms with Gasteiger partial charge in [-0.15, -0.1) is 0 Å². The van der Waals surface area contributed by atoms with E-state index in [0.29, 0.717) is 6.04 Å². The Hall–Kier alpha value is -0.120. The van der Waals surface area contributed by atoms with E-state index in [0.717, 1.165) is 13.0 Å². The fourth-order valence-corrected chi connectivity index (χ4v) is 3.79. The molecule has 0 aliphatic heterocycles. The summed E-state index contributed by atoms with van der Waals surface area (Å²) in [6, 6.07) is 0.335. The lowest BCUT2D eigenvalue weighted by molar-refractivity contribution is 0.152. The summed E-state index contributed by atoms with van der Waals surface area (Å²) in [5.41, 5.74) is 6.26. The molecule has 2 atom stereocenters. The van der Waals surface area contributed by atoms with Gasteiger partial charge in [0.2, 0.25) is 0 Å². The Morgan fingerprint density at radius 3 is 1.71 bits per heavy atom. The molecule has 0 radical (unpaired) electrons. The summed E-state index contributed by atoms with van der Waals surface area (Å²) in [5, 5.41) is 13.4. The van der Waals surface area contributed by atoms with Crippen molar-refractivity contribution in [3.05, 3.63) is 0 Å². The highest BCUT2D eigenvalue weighted by molar-refractivity contribution is 4.91. The van der Waals surface area contributed by atoms with E-state index in [2.05, 4.69) is 12.2 Å². The van der Waals surface area contributed by atoms with Crippen molar-refractivity contribution < 1.29 is 5.11 Å². The van der Waals surface area contributed by atoms with E-state index < -0.39 is 0 Å². The van der Waals surface area contributed by atoms with Crippen molar-refractivity contribution in [3.8, 4) is 0 Å². The molecule has 0 heterocycles. The Kier molecular flexibility index (Phi) is 9.54. The molecule has 1 aliphatic carbocycles. The number of hydrogen-bond acceptors (Lipinski definition) is 3. The van der Waals surface area contributed by atoms with Crippen molar-refractivity contribution in [1.82, 2.24) is 5.32 Å². The van der Waals surface area contributed by atoms with Crippen LogP contribution in [0.5, 0.6) is 0 Å². The van der Waals surface area contributed by atoms with Crippen LogP contribution in [-0.4, -0.2) is 29.3 Å². The Morgan fingerprint density at radius 2 is 1.33 bits per heavy atom. The van der Waals surface area contributed by atoms with E-state index in [1.807, 2.05) is 6.92 Å². The molecule has 1 fully saturated rings. The van der Waals surface area contributed by atoms with Gasteiger partial charge in [-0.3, -0.25) is 0 Å². The summed E-state index contributed by atoms with van der Waals surface area (Å²) >= 11 is 0. The number of aliphatic hydroxyl groups is 1. The van der Waals surface area contributed by atoms with Gasteiger partial charge >= 0.3 is 0 Å². The Morgan fingerprint density at radius 1 is 0.905 bits per heavy atom. The minimum Gasteiger partial charge on any atom is -0.393 e. The molecule has 3 nitrogen and oxygen atoms in total. The number of aliphatic hydroxyl groups excluding tert-OH is 1. The number of hydrogen-bond donors (Lipinski definition) is 3. The molecule has 1 rings (SSSR count). The third-order valence-electron chi connectivity index (χ3n) is 4.95. The van der Waals surface area contributed by atoms with Gasteiger partial charge in [0.15, 0.2) is 0 Å². The molecule has 3 heteroatoms. The first kappa shape index (κ1) is 18.9. The Bertz CT molecular complexity index is 244. The van der Waals surface area contributed by atoms with Crippen molar-refractivity contribution >= 4 is 0 Å². The van der Waals surface area contributed by atoms with Gasteiger partial charge in [-0.25, -0.2) is 0 Å². The summed E-state index contributed by atoms with van der Waals surface area (Å²) < 4.78 is 0. The normalized spacial score (nSPS) is 24.6. The summed E-state index contributed by atoms with van der Waals surface area (Å²) in [6.07, 6.45) is 15.2. The molecule has 4 N–H and O–H groups in total. The van der Waals surface area contributed by atoms with Crippen LogP contribution in [0.2, 0.25) is 0 Å². The summed E-state index contributed by atoms with van der Waals surface area (Å²) in [6.45, 7) is 4.77. The van der Waals surface area contributed by atoms with Gasteiger partial charge in [-0.1, -0.05) is 57.8 Å². The second kappa shape index (κ2) is 10.6. The fraction of sp³-hybridized carbons (Fsp3) is 1.00. The van der Waals surface area contributed by atoms with Crippen LogP contribution in [-0.2, 0) is 0 Å². The average Bonchev–Trinajstić information content (AvgIpc) is 2.41. The van der Waals surface area contributed by atoms with E-state index in [9.17, 15) is 5.11 Å². The SMILES string of the molecule is CC(O)CC(C)NC1(CN)CCCCCCCCCCC1. The quantitative estimate of drug-likeness (QED) is 0.724. The third kappa shape index (κ3) is 8.18. The van der Waals surface area contributed by atoms with Crippen LogP contribution in [0.15, 0.2) is 0 Å². The number of nitrogens with one attached hydrogen (secondary N) is 1. The van der Waals surface area contributed by atoms with Gasteiger partial charge in [0.1, 0.15) is 0 Å². The molecule has 0 saturated heterocycles. The maximum atomic E-state index is 9.59. The Labute approximate surface area is 132 Å². The minimum atomic E-state index is -0.242. The van der Waals surface area contributed by atoms with Crippen molar-refractivity contribution in [2.45, 2.75) is 109 Å². The maximum Gasteiger partial charge on any atom is 0.0526 e. The predicted octanol–water partition coefficient (Wildman–Crippen LogP) is 3.74. The largest absolute Gasteiger partial charge is 0.393 e. The van der Waals surface area contributed by atoms with Gasteiger partial charge in [-0.2, -0.15) is 0 Å². The zero-order chi connectivity index (χ0) is 15.6. The van der Waals surface area contributed by atoms with Gasteiger partial charge in [0.25, 0.3) is 0 Å². The van der Waals surface area contributed by atoms with Crippen molar-refractivity contribution in [1.29, 1.82) is 0 Å². The highest BCUT2D eigenvalue weighted by Gasteiger charge is 2.29. The van der Waals surface area contributed by atoms with Gasteiger partial charge in [0, 0.05) is 18.1 Å². The van der Waals surface area contributed by atoms with Crippen LogP contribution in [0.25, 0.3) is 0 Å². The second-order valence-electron chi connectivity index (χ2n) is 7.30. The minimum absolute atomic E-state index is 0.0908. The number of nitrogens with two attached hydrogens (primary N) is 1. The molecule has 0 aromatic rings. The first-order valence-electron chi connectivity index (χ1n) is 9.24. The van der Waals surface area contributed by atoms with E-state index in [1.165, 1.54) is 70.6 Å². The van der Waals surface area contributed by atoms with Crippen LogP contribution >= 0.6 is 0 Å². The third-order valence-corrected chi connectivity index (χ3v) is 4.95. The molecule has 0 amide bonds. The topological polar surface area (TPSA) is 58.3 Å². The molecule has 0 bridgehead atoms. The van der Waals surface area contributed by atoms with E-state index in [-0.39, 0.29) is 11.6 Å². The first-order valence-corrected chi connectivity index (χ1v) is 9.24. The van der Waals surface area contributed by atoms with Crippen molar-refractivity contribution in [2.75, 3.05) is 6.54 Å². The molecule has 1 saturated carbocycles. The molecule has 0 aromatic heterocycles. The Balaban J connectivity index is 2.57. The van der Waals surface area contributed by atoms with Crippen LogP contribution in [0, 0.1) is 0 Å². The summed E-state index contributed by atoms with van der Waals surface area (Å²) in [7, 11) is 0. The van der Waals surface area contributed by atoms with Crippen LogP contribution in [0.1, 0.15) is 90.9 Å². The molecular formula is C18H38N2O. The highest BCUT2D eigenvalue weighted by Crippen LogP contribution is 2.25. The van der Waals surface area contributed by atoms with Crippen LogP contribution in [0.4, 0.5) is 0 Å². The molecule has 21 heavy (non-hydrogen) atoms. The zero-order valence-corrected chi connectivity index (χ0v) is 14.4. The maximum absolute atomic E-state index is 9.59. The lowest BCUT2D eigenvalue weighted by atomic mass is 9.84. The fourth-order valence-electron chi connectivity index (χ4n) is 3.79. The lowest BCUT2D eigenvalue weighted by Crippen LogP contribution is -2.55. The van der Waals surface area contributed by atoms with Crippen LogP contribution < -0.4 is 11.1 Å². The van der Waals surface area contributed by atoms with E-state index in [4.69, 9.17) is 5.73 Å². The molecule has 1 aliphatic rings. The molecular weight excluding hydrogens is 260 g/mol. The molecule has 126 valence electrons.